The van der Waals surface area contributed by atoms with Crippen LogP contribution in [0.1, 0.15) is 58.3 Å². The lowest BCUT2D eigenvalue weighted by Crippen LogP contribution is -2.38. The van der Waals surface area contributed by atoms with Gasteiger partial charge in [-0.15, -0.1) is 0 Å². The minimum absolute atomic E-state index is 0.234. The van der Waals surface area contributed by atoms with E-state index in [1.54, 1.807) is 0 Å². The summed E-state index contributed by atoms with van der Waals surface area (Å²) in [5.41, 5.74) is 0. The van der Waals surface area contributed by atoms with Gasteiger partial charge in [0.05, 0.1) is 0 Å². The second-order valence-electron chi connectivity index (χ2n) is 5.67. The van der Waals surface area contributed by atoms with Crippen molar-refractivity contribution in [2.24, 2.45) is 5.92 Å². The fourth-order valence-electron chi connectivity index (χ4n) is 2.69. The first-order chi connectivity index (χ1) is 8.28. The highest BCUT2D eigenvalue weighted by Crippen LogP contribution is 2.26. The lowest BCUT2D eigenvalue weighted by molar-refractivity contribution is -0.122. The molecule has 0 bridgehead atoms. The molecule has 17 heavy (non-hydrogen) atoms. The van der Waals surface area contributed by atoms with Crippen LogP contribution in [0.2, 0.25) is 0 Å². The topological polar surface area (TPSA) is 41.1 Å². The number of hydrogen-bond donors (Lipinski definition) is 2. The van der Waals surface area contributed by atoms with Crippen LogP contribution in [0.25, 0.3) is 0 Å². The predicted molar refractivity (Wildman–Crippen MR) is 69.8 cm³/mol. The van der Waals surface area contributed by atoms with E-state index in [4.69, 9.17) is 0 Å². The van der Waals surface area contributed by atoms with Crippen molar-refractivity contribution >= 4 is 5.91 Å². The minimum Gasteiger partial charge on any atom is -0.353 e. The lowest BCUT2D eigenvalue weighted by Gasteiger charge is -2.28. The smallest absolute Gasteiger partial charge is 0.221 e. The number of carbonyl (C=O) groups excluding carboxylic acids is 1. The van der Waals surface area contributed by atoms with Gasteiger partial charge in [0.1, 0.15) is 0 Å². The molecule has 3 nitrogen and oxygen atoms in total. The van der Waals surface area contributed by atoms with E-state index in [1.165, 1.54) is 44.9 Å². The Hall–Kier alpha value is -0.570. The number of amides is 1. The molecule has 0 unspecified atom stereocenters. The summed E-state index contributed by atoms with van der Waals surface area (Å²) in [7, 11) is 0. The van der Waals surface area contributed by atoms with Crippen LogP contribution in [-0.4, -0.2) is 24.5 Å². The third kappa shape index (κ3) is 4.66. The monoisotopic (exact) mass is 238 g/mol. The van der Waals surface area contributed by atoms with Gasteiger partial charge in [-0.25, -0.2) is 0 Å². The summed E-state index contributed by atoms with van der Waals surface area (Å²) in [6.07, 6.45) is 9.48. The normalized spacial score (nSPS) is 29.0. The lowest BCUT2D eigenvalue weighted by atomic mass is 9.84. The molecular formula is C14H26N2O. The first kappa shape index (κ1) is 12.9. The van der Waals surface area contributed by atoms with E-state index < -0.39 is 0 Å². The maximum absolute atomic E-state index is 11.7. The molecule has 2 N–H and O–H groups in total. The SMILES string of the molecule is CCC1CCC(NC(=O)CCNC2CC2)CC1. The van der Waals surface area contributed by atoms with E-state index in [0.717, 1.165) is 12.5 Å². The molecule has 0 aromatic heterocycles. The Balaban J connectivity index is 1.55. The molecule has 0 aromatic carbocycles. The van der Waals surface area contributed by atoms with Gasteiger partial charge in [0.15, 0.2) is 0 Å². The van der Waals surface area contributed by atoms with Crippen LogP contribution in [0, 0.1) is 5.92 Å². The highest BCUT2D eigenvalue weighted by Gasteiger charge is 2.22. The van der Waals surface area contributed by atoms with Gasteiger partial charge in [-0.2, -0.15) is 0 Å². The predicted octanol–water partition coefficient (Wildman–Crippen LogP) is 2.21. The average molecular weight is 238 g/mol. The van der Waals surface area contributed by atoms with E-state index in [2.05, 4.69) is 17.6 Å². The van der Waals surface area contributed by atoms with Crippen LogP contribution in [0.4, 0.5) is 0 Å². The van der Waals surface area contributed by atoms with Gasteiger partial charge < -0.3 is 10.6 Å². The van der Waals surface area contributed by atoms with Gasteiger partial charge in [0, 0.05) is 25.0 Å². The minimum atomic E-state index is 0.234. The highest BCUT2D eigenvalue weighted by atomic mass is 16.1. The van der Waals surface area contributed by atoms with Crippen LogP contribution < -0.4 is 10.6 Å². The van der Waals surface area contributed by atoms with Crippen LogP contribution in [0.5, 0.6) is 0 Å². The third-order valence-corrected chi connectivity index (χ3v) is 4.15. The standard InChI is InChI=1S/C14H26N2O/c1-2-11-3-5-13(6-4-11)16-14(17)9-10-15-12-7-8-12/h11-13,15H,2-10H2,1H3,(H,16,17). The average Bonchev–Trinajstić information content (AvgIpc) is 3.14. The Bertz CT molecular complexity index is 243. The summed E-state index contributed by atoms with van der Waals surface area (Å²) >= 11 is 0. The summed E-state index contributed by atoms with van der Waals surface area (Å²) in [6.45, 7) is 3.12. The van der Waals surface area contributed by atoms with Crippen molar-refractivity contribution in [1.82, 2.24) is 10.6 Å². The van der Waals surface area contributed by atoms with Gasteiger partial charge in [0.25, 0.3) is 0 Å². The maximum Gasteiger partial charge on any atom is 0.221 e. The number of carbonyl (C=O) groups is 1. The Kier molecular flexibility index (Phi) is 4.84. The van der Waals surface area contributed by atoms with E-state index in [0.29, 0.717) is 18.5 Å². The molecule has 0 saturated heterocycles. The number of hydrogen-bond acceptors (Lipinski definition) is 2. The molecule has 2 aliphatic carbocycles. The van der Waals surface area contributed by atoms with Gasteiger partial charge >= 0.3 is 0 Å². The van der Waals surface area contributed by atoms with Crippen LogP contribution in [0.15, 0.2) is 0 Å². The zero-order valence-electron chi connectivity index (χ0n) is 11.0. The van der Waals surface area contributed by atoms with Crippen molar-refractivity contribution in [3.05, 3.63) is 0 Å². The Morgan fingerprint density at radius 3 is 2.29 bits per heavy atom. The van der Waals surface area contributed by atoms with E-state index in [1.807, 2.05) is 0 Å². The fourth-order valence-corrected chi connectivity index (χ4v) is 2.69. The van der Waals surface area contributed by atoms with E-state index >= 15 is 0 Å². The van der Waals surface area contributed by atoms with Crippen molar-refractivity contribution in [3.8, 4) is 0 Å². The fraction of sp³-hybridized carbons (Fsp3) is 0.929. The van der Waals surface area contributed by atoms with E-state index in [-0.39, 0.29) is 5.91 Å². The summed E-state index contributed by atoms with van der Waals surface area (Å²) in [6, 6.07) is 1.16. The molecule has 3 heteroatoms. The molecule has 98 valence electrons. The Morgan fingerprint density at radius 1 is 1.06 bits per heavy atom. The van der Waals surface area contributed by atoms with Crippen LogP contribution in [0.3, 0.4) is 0 Å². The number of nitrogens with one attached hydrogen (secondary N) is 2. The molecule has 0 atom stereocenters. The molecule has 1 amide bonds. The van der Waals surface area contributed by atoms with Gasteiger partial charge in [-0.1, -0.05) is 13.3 Å². The zero-order valence-corrected chi connectivity index (χ0v) is 11.0. The molecule has 2 aliphatic rings. The molecule has 0 heterocycles. The van der Waals surface area contributed by atoms with Crippen molar-refractivity contribution in [3.63, 3.8) is 0 Å². The summed E-state index contributed by atoms with van der Waals surface area (Å²) < 4.78 is 0. The molecule has 2 saturated carbocycles. The summed E-state index contributed by atoms with van der Waals surface area (Å²) in [5, 5.41) is 6.56. The first-order valence-electron chi connectivity index (χ1n) is 7.30. The molecule has 0 aromatic rings. The second-order valence-corrected chi connectivity index (χ2v) is 5.67. The Labute approximate surface area is 105 Å². The molecule has 2 rings (SSSR count). The summed E-state index contributed by atoms with van der Waals surface area (Å²) in [4.78, 5) is 11.7. The molecule has 0 radical (unpaired) electrons. The number of rotatable bonds is 6. The van der Waals surface area contributed by atoms with Crippen LogP contribution in [-0.2, 0) is 4.79 Å². The maximum atomic E-state index is 11.7. The van der Waals surface area contributed by atoms with Gasteiger partial charge in [-0.3, -0.25) is 4.79 Å². The molecular weight excluding hydrogens is 212 g/mol. The van der Waals surface area contributed by atoms with Gasteiger partial charge in [-0.05, 0) is 44.4 Å². The van der Waals surface area contributed by atoms with Crippen LogP contribution >= 0.6 is 0 Å². The molecule has 0 aliphatic heterocycles. The first-order valence-corrected chi connectivity index (χ1v) is 7.30. The second kappa shape index (κ2) is 6.39. The van der Waals surface area contributed by atoms with Gasteiger partial charge in [0.2, 0.25) is 5.91 Å². The molecule has 0 spiro atoms. The van der Waals surface area contributed by atoms with Crippen molar-refractivity contribution in [1.29, 1.82) is 0 Å². The van der Waals surface area contributed by atoms with Crippen molar-refractivity contribution in [2.75, 3.05) is 6.54 Å². The highest BCUT2D eigenvalue weighted by molar-refractivity contribution is 5.76. The summed E-state index contributed by atoms with van der Waals surface area (Å²) in [5.74, 6) is 1.14. The Morgan fingerprint density at radius 2 is 1.71 bits per heavy atom. The largest absolute Gasteiger partial charge is 0.353 e. The zero-order chi connectivity index (χ0) is 12.1. The third-order valence-electron chi connectivity index (χ3n) is 4.15. The van der Waals surface area contributed by atoms with Crippen molar-refractivity contribution in [2.45, 2.75) is 70.4 Å². The van der Waals surface area contributed by atoms with E-state index in [9.17, 15) is 4.79 Å². The van der Waals surface area contributed by atoms with Crippen molar-refractivity contribution < 1.29 is 4.79 Å². The molecule has 2 fully saturated rings. The quantitative estimate of drug-likeness (QED) is 0.745.